The van der Waals surface area contributed by atoms with Crippen molar-refractivity contribution in [1.82, 2.24) is 9.13 Å². The van der Waals surface area contributed by atoms with E-state index >= 15 is 0 Å². The van der Waals surface area contributed by atoms with Gasteiger partial charge in [-0.3, -0.25) is 13.9 Å². The van der Waals surface area contributed by atoms with Crippen molar-refractivity contribution >= 4 is 23.7 Å². The molecule has 1 fully saturated rings. The molecule has 0 amide bonds. The number of nitrogens with zero attached hydrogens (tertiary/aromatic N) is 3. The molecule has 0 aliphatic carbocycles. The predicted octanol–water partition coefficient (Wildman–Crippen LogP) is 2.88. The molecule has 3 aromatic rings. The van der Waals surface area contributed by atoms with Gasteiger partial charge in [-0.2, -0.15) is 0 Å². The Morgan fingerprint density at radius 2 is 1.72 bits per heavy atom. The van der Waals surface area contributed by atoms with Gasteiger partial charge in [-0.05, 0) is 62.0 Å². The lowest BCUT2D eigenvalue weighted by Gasteiger charge is -2.33. The van der Waals surface area contributed by atoms with Crippen LogP contribution in [0.15, 0.2) is 60.9 Å². The second-order valence-electron chi connectivity index (χ2n) is 7.71. The number of para-hydroxylation sites is 1. The molecule has 2 aromatic carbocycles. The average molecular weight is 408 g/mol. The zero-order valence-corrected chi connectivity index (χ0v) is 17.8. The van der Waals surface area contributed by atoms with Gasteiger partial charge in [0.2, 0.25) is 0 Å². The van der Waals surface area contributed by atoms with Crippen LogP contribution in [0.4, 0.5) is 5.69 Å². The molecule has 29 heavy (non-hydrogen) atoms. The van der Waals surface area contributed by atoms with Crippen molar-refractivity contribution in [3.63, 3.8) is 0 Å². The van der Waals surface area contributed by atoms with Gasteiger partial charge in [0.05, 0.1) is 31.9 Å². The molecule has 1 aromatic heterocycles. The number of carbonyl (C=O) groups excluding carboxylic acids is 1. The lowest BCUT2D eigenvalue weighted by Crippen LogP contribution is -3.14. The summed E-state index contributed by atoms with van der Waals surface area (Å²) in [5.41, 5.74) is 4.32. The summed E-state index contributed by atoms with van der Waals surface area (Å²) < 4.78 is 5.11. The molecular weight excluding hydrogens is 380 g/mol. The summed E-state index contributed by atoms with van der Waals surface area (Å²) >= 11 is 5.74. The molecule has 0 spiro atoms. The van der Waals surface area contributed by atoms with E-state index in [0.29, 0.717) is 0 Å². The maximum Gasteiger partial charge on any atom is 0.188 e. The molecule has 0 atom stereocenters. The number of imidazole rings is 1. The van der Waals surface area contributed by atoms with E-state index in [1.807, 2.05) is 12.1 Å². The van der Waals surface area contributed by atoms with Crippen LogP contribution in [0.2, 0.25) is 0 Å². The Morgan fingerprint density at radius 1 is 1.03 bits per heavy atom. The number of nitrogens with one attached hydrogen (secondary N) is 1. The first kappa shape index (κ1) is 19.6. The largest absolute Gasteiger partial charge is 0.360 e. The molecule has 0 saturated carbocycles. The standard InChI is InChI=1S/C23H26N4OS/c1-18-5-3-4-6-22(18)27-16-15-26(23(27)29)17-24-11-13-25(14-12-24)21-9-7-20(8-10-21)19(2)28/h3-10,15-16H,11-14,17H2,1-2H3/p+1. The van der Waals surface area contributed by atoms with Crippen LogP contribution < -0.4 is 9.80 Å². The van der Waals surface area contributed by atoms with Crippen LogP contribution in [-0.4, -0.2) is 41.1 Å². The van der Waals surface area contributed by atoms with Crippen molar-refractivity contribution in [1.29, 1.82) is 0 Å². The molecule has 1 saturated heterocycles. The van der Waals surface area contributed by atoms with Gasteiger partial charge in [-0.25, -0.2) is 0 Å². The number of hydrogen-bond donors (Lipinski definition) is 1. The Hall–Kier alpha value is -2.70. The summed E-state index contributed by atoms with van der Waals surface area (Å²) in [5, 5.41) is 0. The highest BCUT2D eigenvalue weighted by atomic mass is 32.1. The molecule has 0 unspecified atom stereocenters. The van der Waals surface area contributed by atoms with E-state index in [-0.39, 0.29) is 5.78 Å². The number of aryl methyl sites for hydroxylation is 1. The first-order valence-electron chi connectivity index (χ1n) is 10.1. The Kier molecular flexibility index (Phi) is 5.65. The fourth-order valence-electron chi connectivity index (χ4n) is 3.94. The molecule has 5 nitrogen and oxygen atoms in total. The third-order valence-corrected chi connectivity index (χ3v) is 6.16. The average Bonchev–Trinajstić information content (AvgIpc) is 3.09. The van der Waals surface area contributed by atoms with Crippen LogP contribution in [-0.2, 0) is 6.67 Å². The van der Waals surface area contributed by atoms with Crippen LogP contribution in [0, 0.1) is 11.7 Å². The van der Waals surface area contributed by atoms with E-state index in [9.17, 15) is 4.79 Å². The quantitative estimate of drug-likeness (QED) is 0.522. The van der Waals surface area contributed by atoms with Crippen LogP contribution >= 0.6 is 12.2 Å². The van der Waals surface area contributed by atoms with Gasteiger partial charge in [0, 0.05) is 23.6 Å². The zero-order valence-electron chi connectivity index (χ0n) is 17.0. The van der Waals surface area contributed by atoms with Gasteiger partial charge < -0.3 is 9.80 Å². The number of aromatic nitrogens is 2. The van der Waals surface area contributed by atoms with Crippen LogP contribution in [0.25, 0.3) is 5.69 Å². The Balaban J connectivity index is 1.40. The molecular formula is C23H27N4OS+. The summed E-state index contributed by atoms with van der Waals surface area (Å²) in [5.74, 6) is 0.111. The lowest BCUT2D eigenvalue weighted by molar-refractivity contribution is -0.923. The van der Waals surface area contributed by atoms with E-state index in [2.05, 4.69) is 69.7 Å². The van der Waals surface area contributed by atoms with Gasteiger partial charge in [0.25, 0.3) is 0 Å². The molecule has 0 bridgehead atoms. The number of benzene rings is 2. The second kappa shape index (κ2) is 8.35. The van der Waals surface area contributed by atoms with Crippen LogP contribution in [0.1, 0.15) is 22.8 Å². The minimum Gasteiger partial charge on any atom is -0.360 e. The molecule has 1 aliphatic rings. The van der Waals surface area contributed by atoms with E-state index in [0.717, 1.165) is 48.9 Å². The molecule has 2 heterocycles. The highest BCUT2D eigenvalue weighted by molar-refractivity contribution is 7.71. The van der Waals surface area contributed by atoms with Gasteiger partial charge in [0.15, 0.2) is 17.2 Å². The topological polar surface area (TPSA) is 34.6 Å². The highest BCUT2D eigenvalue weighted by Gasteiger charge is 2.21. The third-order valence-electron chi connectivity index (χ3n) is 5.73. The van der Waals surface area contributed by atoms with Gasteiger partial charge >= 0.3 is 0 Å². The van der Waals surface area contributed by atoms with Crippen molar-refractivity contribution in [3.05, 3.63) is 76.8 Å². The van der Waals surface area contributed by atoms with E-state index in [1.54, 1.807) is 6.92 Å². The van der Waals surface area contributed by atoms with E-state index < -0.39 is 0 Å². The lowest BCUT2D eigenvalue weighted by atomic mass is 10.1. The molecule has 1 aliphatic heterocycles. The summed E-state index contributed by atoms with van der Waals surface area (Å²) in [6.45, 7) is 8.73. The van der Waals surface area contributed by atoms with E-state index in [1.165, 1.54) is 16.2 Å². The monoisotopic (exact) mass is 407 g/mol. The molecule has 6 heteroatoms. The highest BCUT2D eigenvalue weighted by Crippen LogP contribution is 2.16. The number of piperazine rings is 1. The number of anilines is 1. The Morgan fingerprint density at radius 3 is 2.38 bits per heavy atom. The summed E-state index contributed by atoms with van der Waals surface area (Å²) in [6.07, 6.45) is 4.16. The minimum absolute atomic E-state index is 0.111. The van der Waals surface area contributed by atoms with Gasteiger partial charge in [0.1, 0.15) is 0 Å². The number of quaternary nitrogens is 1. The molecule has 4 rings (SSSR count). The number of hydrogen-bond acceptors (Lipinski definition) is 3. The van der Waals surface area contributed by atoms with Crippen molar-refractivity contribution in [2.75, 3.05) is 31.1 Å². The van der Waals surface area contributed by atoms with Crippen molar-refractivity contribution < 1.29 is 9.69 Å². The minimum atomic E-state index is 0.111. The fourth-order valence-corrected chi connectivity index (χ4v) is 4.22. The maximum absolute atomic E-state index is 11.5. The number of ketones is 1. The summed E-state index contributed by atoms with van der Waals surface area (Å²) in [6, 6.07) is 16.3. The van der Waals surface area contributed by atoms with Crippen molar-refractivity contribution in [3.8, 4) is 5.69 Å². The van der Waals surface area contributed by atoms with Crippen molar-refractivity contribution in [2.45, 2.75) is 20.5 Å². The number of Topliss-reactive ketones (excluding diaryl/α,β-unsaturated/α-hetero) is 1. The smallest absolute Gasteiger partial charge is 0.188 e. The molecule has 0 radical (unpaired) electrons. The SMILES string of the molecule is CC(=O)c1ccc(N2CC[NH+](Cn3ccn(-c4ccccc4C)c3=S)CC2)cc1. The predicted molar refractivity (Wildman–Crippen MR) is 119 cm³/mol. The van der Waals surface area contributed by atoms with Crippen LogP contribution in [0.3, 0.4) is 0 Å². The first-order valence-corrected chi connectivity index (χ1v) is 10.5. The van der Waals surface area contributed by atoms with E-state index in [4.69, 9.17) is 12.2 Å². The summed E-state index contributed by atoms with van der Waals surface area (Å²) in [7, 11) is 0. The van der Waals surface area contributed by atoms with Gasteiger partial charge in [-0.15, -0.1) is 0 Å². The number of carbonyl (C=O) groups is 1. The summed E-state index contributed by atoms with van der Waals surface area (Å²) in [4.78, 5) is 15.4. The zero-order chi connectivity index (χ0) is 20.4. The fraction of sp³-hybridized carbons (Fsp3) is 0.304. The van der Waals surface area contributed by atoms with Gasteiger partial charge in [-0.1, -0.05) is 18.2 Å². The van der Waals surface area contributed by atoms with Crippen molar-refractivity contribution in [2.24, 2.45) is 0 Å². The second-order valence-corrected chi connectivity index (χ2v) is 8.07. The first-order chi connectivity index (χ1) is 14.0. The van der Waals surface area contributed by atoms with Crippen LogP contribution in [0.5, 0.6) is 0 Å². The molecule has 1 N–H and O–H groups in total. The Bertz CT molecular complexity index is 1060. The maximum atomic E-state index is 11.5. The normalized spacial score (nSPS) is 14.9. The number of rotatable bonds is 5. The molecule has 150 valence electrons. The Labute approximate surface area is 176 Å². The third kappa shape index (κ3) is 4.18.